The molecular formula is C29H27NO5S. The summed E-state index contributed by atoms with van der Waals surface area (Å²) in [6.07, 6.45) is 1.80. The minimum absolute atomic E-state index is 0.00788. The molecule has 0 aromatic heterocycles. The average molecular weight is 502 g/mol. The van der Waals surface area contributed by atoms with E-state index in [1.54, 1.807) is 0 Å². The molecule has 0 radical (unpaired) electrons. The highest BCUT2D eigenvalue weighted by molar-refractivity contribution is 7.75. The molecule has 0 amide bonds. The van der Waals surface area contributed by atoms with E-state index in [9.17, 15) is 10.1 Å². The van der Waals surface area contributed by atoms with Crippen molar-refractivity contribution in [3.05, 3.63) is 75.8 Å². The van der Waals surface area contributed by atoms with Gasteiger partial charge in [-0.05, 0) is 78.8 Å². The number of ether oxygens (including phenoxy) is 3. The van der Waals surface area contributed by atoms with Crippen LogP contribution in [0.3, 0.4) is 0 Å². The van der Waals surface area contributed by atoms with Gasteiger partial charge in [0.25, 0.3) is 0 Å². The average Bonchev–Trinajstić information content (AvgIpc) is 3.47. The van der Waals surface area contributed by atoms with Crippen molar-refractivity contribution in [2.45, 2.75) is 45.1 Å². The Labute approximate surface area is 216 Å². The molecule has 3 aromatic carbocycles. The molecule has 0 bridgehead atoms. The predicted octanol–water partition coefficient (Wildman–Crippen LogP) is 6.17. The van der Waals surface area contributed by atoms with Crippen LogP contribution in [0.5, 0.6) is 17.2 Å². The summed E-state index contributed by atoms with van der Waals surface area (Å²) in [7, 11) is 1.40. The topological polar surface area (TPSA) is 77.8 Å². The Bertz CT molecular complexity index is 1370. The molecule has 0 spiro atoms. The van der Waals surface area contributed by atoms with Gasteiger partial charge in [-0.25, -0.2) is 0 Å². The summed E-state index contributed by atoms with van der Waals surface area (Å²) in [5, 5.41) is 9.92. The number of thiol groups is 1. The third kappa shape index (κ3) is 4.27. The molecule has 0 saturated heterocycles. The highest BCUT2D eigenvalue weighted by atomic mass is 32.1. The Kier molecular flexibility index (Phi) is 6.55. The Morgan fingerprint density at radius 2 is 1.83 bits per heavy atom. The van der Waals surface area contributed by atoms with Crippen LogP contribution in [0, 0.1) is 25.2 Å². The molecule has 7 heteroatoms. The lowest BCUT2D eigenvalue weighted by Gasteiger charge is -2.19. The maximum Gasteiger partial charge on any atom is 0.306 e. The van der Waals surface area contributed by atoms with Crippen LogP contribution in [0.1, 0.15) is 58.2 Å². The van der Waals surface area contributed by atoms with Gasteiger partial charge < -0.3 is 18.4 Å². The Morgan fingerprint density at radius 3 is 2.53 bits per heavy atom. The molecule has 184 valence electrons. The smallest absolute Gasteiger partial charge is 0.306 e. The first-order valence-electron chi connectivity index (χ1n) is 11.9. The highest BCUT2D eigenvalue weighted by Crippen LogP contribution is 2.45. The number of carbonyl (C=O) groups excluding carboxylic acids is 1. The van der Waals surface area contributed by atoms with Crippen molar-refractivity contribution in [3.8, 4) is 34.4 Å². The zero-order valence-electron chi connectivity index (χ0n) is 20.5. The van der Waals surface area contributed by atoms with E-state index in [0.29, 0.717) is 24.3 Å². The molecule has 0 unspecified atom stereocenters. The molecule has 0 saturated carbocycles. The maximum atomic E-state index is 11.7. The first-order valence-corrected chi connectivity index (χ1v) is 12.3. The second kappa shape index (κ2) is 9.79. The Hall–Kier alpha value is -3.63. The van der Waals surface area contributed by atoms with Gasteiger partial charge in [-0.1, -0.05) is 12.1 Å². The summed E-state index contributed by atoms with van der Waals surface area (Å²) < 4.78 is 22.2. The van der Waals surface area contributed by atoms with Crippen molar-refractivity contribution < 1.29 is 23.2 Å². The van der Waals surface area contributed by atoms with Crippen molar-refractivity contribution in [3.63, 3.8) is 0 Å². The van der Waals surface area contributed by atoms with E-state index < -0.39 is 0 Å². The van der Waals surface area contributed by atoms with Crippen LogP contribution in [0.25, 0.3) is 11.1 Å². The third-order valence-corrected chi connectivity index (χ3v) is 7.33. The number of carbonyl (C=O) groups is 1. The largest absolute Gasteiger partial charge is 0.492 e. The van der Waals surface area contributed by atoms with Crippen LogP contribution >= 0.6 is 12.9 Å². The second-order valence-corrected chi connectivity index (χ2v) is 9.51. The number of aryl methyl sites for hydroxylation is 2. The molecule has 36 heavy (non-hydrogen) atoms. The third-order valence-electron chi connectivity index (χ3n) is 7.12. The van der Waals surface area contributed by atoms with Crippen molar-refractivity contribution in [2.75, 3.05) is 13.7 Å². The van der Waals surface area contributed by atoms with E-state index in [1.807, 2.05) is 56.3 Å². The highest BCUT2D eigenvalue weighted by Gasteiger charge is 2.31. The number of methoxy groups -OCH3 is 1. The van der Waals surface area contributed by atoms with E-state index >= 15 is 0 Å². The van der Waals surface area contributed by atoms with Crippen molar-refractivity contribution in [1.82, 2.24) is 0 Å². The lowest BCUT2D eigenvalue weighted by Crippen LogP contribution is -2.09. The van der Waals surface area contributed by atoms with Crippen molar-refractivity contribution in [2.24, 2.45) is 0 Å². The molecule has 6 nitrogen and oxygen atoms in total. The van der Waals surface area contributed by atoms with Crippen LogP contribution in [-0.2, 0) is 16.0 Å². The lowest BCUT2D eigenvalue weighted by molar-refractivity contribution is -0.141. The normalized spacial score (nSPS) is 17.5. The van der Waals surface area contributed by atoms with Crippen molar-refractivity contribution in [1.29, 1.82) is 5.26 Å². The number of nitriles is 1. The maximum absolute atomic E-state index is 11.7. The van der Waals surface area contributed by atoms with Gasteiger partial charge in [-0.3, -0.25) is 4.79 Å². The first kappa shape index (κ1) is 24.1. The first-order chi connectivity index (χ1) is 17.4. The fourth-order valence-electron chi connectivity index (χ4n) is 5.49. The fraction of sp³-hybridized carbons (Fsp3) is 0.310. The summed E-state index contributed by atoms with van der Waals surface area (Å²) in [4.78, 5) is 11.7. The number of esters is 1. The summed E-state index contributed by atoms with van der Waals surface area (Å²) >= 11 is 3.94. The molecule has 0 N–H and O–H groups in total. The van der Waals surface area contributed by atoms with Gasteiger partial charge in [-0.15, -0.1) is 0 Å². The molecule has 1 heterocycles. The number of fused-ring (bicyclic) bond motifs is 2. The van der Waals surface area contributed by atoms with Gasteiger partial charge in [0, 0.05) is 36.0 Å². The Morgan fingerprint density at radius 1 is 1.08 bits per heavy atom. The number of benzene rings is 3. The van der Waals surface area contributed by atoms with Gasteiger partial charge in [-0.2, -0.15) is 5.26 Å². The summed E-state index contributed by atoms with van der Waals surface area (Å²) in [5.74, 6) is 1.89. The molecule has 0 fully saturated rings. The minimum Gasteiger partial charge on any atom is -0.492 e. The van der Waals surface area contributed by atoms with Crippen LogP contribution in [0.2, 0.25) is 0 Å². The summed E-state index contributed by atoms with van der Waals surface area (Å²) in [5.41, 5.74) is 8.01. The van der Waals surface area contributed by atoms with Crippen LogP contribution in [0.4, 0.5) is 0 Å². The predicted molar refractivity (Wildman–Crippen MR) is 139 cm³/mol. The standard InChI is InChI=1S/C29H27NO5S/c1-16-10-21(35-36)11-17(2)28(16)29-18(14-30)4-6-23-24(29)8-9-25(23)34-20-5-7-22-19(12-27(31)32-3)15-33-26(22)13-20/h4-7,10-11,13,19,25,36H,8-9,12,15H2,1-3H3/t19-,25-/m1/s1. The molecule has 2 aliphatic rings. The molecule has 1 aliphatic heterocycles. The molecule has 2 atom stereocenters. The van der Waals surface area contributed by atoms with Gasteiger partial charge in [0.1, 0.15) is 23.4 Å². The second-order valence-electron chi connectivity index (χ2n) is 9.32. The van der Waals surface area contributed by atoms with Crippen LogP contribution in [0.15, 0.2) is 42.5 Å². The van der Waals surface area contributed by atoms with Gasteiger partial charge in [0.15, 0.2) is 0 Å². The van der Waals surface area contributed by atoms with E-state index in [-0.39, 0.29) is 18.0 Å². The number of rotatable bonds is 6. The quantitative estimate of drug-likeness (QED) is 0.247. The summed E-state index contributed by atoms with van der Waals surface area (Å²) in [6, 6.07) is 16.0. The zero-order valence-corrected chi connectivity index (χ0v) is 21.4. The van der Waals surface area contributed by atoms with E-state index in [4.69, 9.17) is 18.4 Å². The fourth-order valence-corrected chi connectivity index (χ4v) is 5.59. The van der Waals surface area contributed by atoms with Gasteiger partial charge >= 0.3 is 5.97 Å². The monoisotopic (exact) mass is 501 g/mol. The van der Waals surface area contributed by atoms with Crippen LogP contribution in [-0.4, -0.2) is 19.7 Å². The van der Waals surface area contributed by atoms with E-state index in [0.717, 1.165) is 63.3 Å². The minimum atomic E-state index is -0.245. The van der Waals surface area contributed by atoms with Crippen molar-refractivity contribution >= 4 is 18.9 Å². The van der Waals surface area contributed by atoms with Crippen LogP contribution < -0.4 is 13.7 Å². The molecule has 5 rings (SSSR count). The zero-order chi connectivity index (χ0) is 25.4. The number of hydrogen-bond donors (Lipinski definition) is 1. The molecular weight excluding hydrogens is 474 g/mol. The molecule has 1 aliphatic carbocycles. The number of hydrogen-bond acceptors (Lipinski definition) is 7. The summed E-state index contributed by atoms with van der Waals surface area (Å²) in [6.45, 7) is 4.51. The molecule has 3 aromatic rings. The van der Waals surface area contributed by atoms with Gasteiger partial charge in [0.2, 0.25) is 0 Å². The van der Waals surface area contributed by atoms with E-state index in [2.05, 4.69) is 19.0 Å². The Balaban J connectivity index is 1.46. The lowest BCUT2D eigenvalue weighted by atomic mass is 9.87. The van der Waals surface area contributed by atoms with Gasteiger partial charge in [0.05, 0.1) is 31.8 Å². The SMILES string of the molecule is COC(=O)C[C@@H]1COc2cc(O[C@@H]3CCc4c3ccc(C#N)c4-c3c(C)cc(OS)cc3C)ccc21. The van der Waals surface area contributed by atoms with E-state index in [1.165, 1.54) is 7.11 Å². The number of nitrogens with zero attached hydrogens (tertiary/aromatic N) is 1.